The van der Waals surface area contributed by atoms with Gasteiger partial charge in [0.2, 0.25) is 0 Å². The average Bonchev–Trinajstić information content (AvgIpc) is 2.95. The number of fused-ring (bicyclic) bond motifs is 1. The van der Waals surface area contributed by atoms with Gasteiger partial charge in [0.25, 0.3) is 11.7 Å². The molecule has 3 aromatic rings. The number of alkyl halides is 5. The Hall–Kier alpha value is -2.20. The van der Waals surface area contributed by atoms with Crippen LogP contribution in [0.5, 0.6) is 0 Å². The van der Waals surface area contributed by atoms with Crippen LogP contribution in [0.1, 0.15) is 15.9 Å². The Balaban J connectivity index is 1.86. The first kappa shape index (κ1) is 18.6. The third-order valence-electron chi connectivity index (χ3n) is 3.28. The van der Waals surface area contributed by atoms with Gasteiger partial charge >= 0.3 is 6.18 Å². The van der Waals surface area contributed by atoms with Gasteiger partial charge in [0.05, 0.1) is 21.3 Å². The number of anilines is 1. The molecule has 0 aliphatic carbocycles. The van der Waals surface area contributed by atoms with Crippen LogP contribution in [0.2, 0.25) is 0 Å². The first-order valence-electron chi connectivity index (χ1n) is 7.07. The molecule has 0 saturated carbocycles. The zero-order valence-corrected chi connectivity index (χ0v) is 14.3. The standard InChI is InChI=1S/C16H9F5N2OS2/c17-14(18)25-8-5-6-11-12(7-8)26-15(22-11)23-13(24)9-3-1-2-4-10(9)16(19,20)21/h1-7,14H,(H,22,23,24). The van der Waals surface area contributed by atoms with E-state index in [1.807, 2.05) is 0 Å². The second-order valence-electron chi connectivity index (χ2n) is 5.02. The molecular formula is C16H9F5N2OS2. The first-order valence-corrected chi connectivity index (χ1v) is 8.76. The highest BCUT2D eigenvalue weighted by Crippen LogP contribution is 2.34. The van der Waals surface area contributed by atoms with Crippen molar-refractivity contribution in [2.75, 3.05) is 5.32 Å². The van der Waals surface area contributed by atoms with Gasteiger partial charge in [-0.1, -0.05) is 35.2 Å². The molecule has 0 unspecified atom stereocenters. The number of rotatable bonds is 4. The maximum absolute atomic E-state index is 13.0. The van der Waals surface area contributed by atoms with Crippen molar-refractivity contribution in [1.82, 2.24) is 4.98 Å². The molecule has 2 aromatic carbocycles. The minimum Gasteiger partial charge on any atom is -0.298 e. The third kappa shape index (κ3) is 4.13. The molecule has 0 bridgehead atoms. The number of hydrogen-bond donors (Lipinski definition) is 1. The number of thioether (sulfide) groups is 1. The minimum absolute atomic E-state index is 0.0844. The van der Waals surface area contributed by atoms with E-state index in [2.05, 4.69) is 10.3 Å². The van der Waals surface area contributed by atoms with Gasteiger partial charge in [-0.15, -0.1) is 0 Å². The summed E-state index contributed by atoms with van der Waals surface area (Å²) >= 11 is 1.36. The Morgan fingerprint density at radius 2 is 1.88 bits per heavy atom. The van der Waals surface area contributed by atoms with E-state index in [-0.39, 0.29) is 5.13 Å². The zero-order valence-electron chi connectivity index (χ0n) is 12.7. The van der Waals surface area contributed by atoms with E-state index in [0.717, 1.165) is 23.5 Å². The van der Waals surface area contributed by atoms with Gasteiger partial charge in [0, 0.05) is 4.90 Å². The lowest BCUT2D eigenvalue weighted by atomic mass is 10.1. The van der Waals surface area contributed by atoms with Gasteiger partial charge in [-0.25, -0.2) is 4.98 Å². The minimum atomic E-state index is -4.66. The smallest absolute Gasteiger partial charge is 0.298 e. The molecule has 1 N–H and O–H groups in total. The van der Waals surface area contributed by atoms with Crippen LogP contribution < -0.4 is 5.32 Å². The van der Waals surface area contributed by atoms with Crippen LogP contribution in [0.15, 0.2) is 47.4 Å². The summed E-state index contributed by atoms with van der Waals surface area (Å²) in [6.45, 7) is 0. The Morgan fingerprint density at radius 1 is 1.15 bits per heavy atom. The third-order valence-corrected chi connectivity index (χ3v) is 4.92. The molecule has 3 nitrogen and oxygen atoms in total. The van der Waals surface area contributed by atoms with Crippen molar-refractivity contribution in [2.45, 2.75) is 16.8 Å². The highest BCUT2D eigenvalue weighted by Gasteiger charge is 2.35. The summed E-state index contributed by atoms with van der Waals surface area (Å²) in [5, 5.41) is 2.42. The number of carbonyl (C=O) groups excluding carboxylic acids is 1. The van der Waals surface area contributed by atoms with Crippen LogP contribution in [-0.2, 0) is 6.18 Å². The number of nitrogens with one attached hydrogen (secondary N) is 1. The number of benzene rings is 2. The van der Waals surface area contributed by atoms with Crippen molar-refractivity contribution in [2.24, 2.45) is 0 Å². The van der Waals surface area contributed by atoms with E-state index < -0.39 is 29.0 Å². The van der Waals surface area contributed by atoms with Crippen LogP contribution in [0.3, 0.4) is 0 Å². The van der Waals surface area contributed by atoms with Crippen LogP contribution in [0, 0.1) is 0 Å². The molecular weight excluding hydrogens is 395 g/mol. The molecule has 26 heavy (non-hydrogen) atoms. The van der Waals surface area contributed by atoms with Crippen LogP contribution in [0.4, 0.5) is 27.1 Å². The number of halogens is 5. The van der Waals surface area contributed by atoms with Gasteiger partial charge in [0.1, 0.15) is 0 Å². The average molecular weight is 404 g/mol. The fourth-order valence-corrected chi connectivity index (χ4v) is 3.74. The number of carbonyl (C=O) groups is 1. The highest BCUT2D eigenvalue weighted by atomic mass is 32.2. The molecule has 3 rings (SSSR count). The summed E-state index contributed by atoms with van der Waals surface area (Å²) in [5.41, 5.74) is -1.12. The molecule has 0 radical (unpaired) electrons. The Bertz CT molecular complexity index is 955. The summed E-state index contributed by atoms with van der Waals surface area (Å²) < 4.78 is 64.4. The SMILES string of the molecule is O=C(Nc1nc2ccc(SC(F)F)cc2s1)c1ccccc1C(F)(F)F. The van der Waals surface area contributed by atoms with E-state index in [4.69, 9.17) is 0 Å². The van der Waals surface area contributed by atoms with E-state index in [1.165, 1.54) is 30.3 Å². The first-order chi connectivity index (χ1) is 12.2. The Labute approximate surface area is 152 Å². The molecule has 0 aliphatic rings. The maximum Gasteiger partial charge on any atom is 0.417 e. The summed E-state index contributed by atoms with van der Waals surface area (Å²) in [4.78, 5) is 16.7. The summed E-state index contributed by atoms with van der Waals surface area (Å²) in [5.74, 6) is -3.52. The molecule has 0 aliphatic heterocycles. The number of aromatic nitrogens is 1. The fraction of sp³-hybridized carbons (Fsp3) is 0.125. The summed E-state index contributed by atoms with van der Waals surface area (Å²) in [6, 6.07) is 8.88. The molecule has 1 aromatic heterocycles. The van der Waals surface area contributed by atoms with E-state index in [1.54, 1.807) is 0 Å². The van der Waals surface area contributed by atoms with Crippen molar-refractivity contribution in [3.63, 3.8) is 0 Å². The van der Waals surface area contributed by atoms with Crippen LogP contribution in [-0.4, -0.2) is 16.6 Å². The lowest BCUT2D eigenvalue weighted by molar-refractivity contribution is -0.137. The quantitative estimate of drug-likeness (QED) is 0.436. The number of hydrogen-bond acceptors (Lipinski definition) is 4. The fourth-order valence-electron chi connectivity index (χ4n) is 2.23. The predicted octanol–water partition coefficient (Wildman–Crippen LogP) is 5.88. The molecule has 10 heteroatoms. The van der Waals surface area contributed by atoms with Crippen molar-refractivity contribution in [3.8, 4) is 0 Å². The van der Waals surface area contributed by atoms with Crippen molar-refractivity contribution in [3.05, 3.63) is 53.6 Å². The molecule has 0 saturated heterocycles. The Kier molecular flexibility index (Phi) is 5.15. The van der Waals surface area contributed by atoms with Crippen molar-refractivity contribution < 1.29 is 26.7 Å². The Morgan fingerprint density at radius 3 is 2.58 bits per heavy atom. The number of amides is 1. The predicted molar refractivity (Wildman–Crippen MR) is 90.9 cm³/mol. The van der Waals surface area contributed by atoms with Crippen LogP contribution in [0.25, 0.3) is 10.2 Å². The lowest BCUT2D eigenvalue weighted by Crippen LogP contribution is -2.18. The van der Waals surface area contributed by atoms with Gasteiger partial charge in [0.15, 0.2) is 5.13 Å². The van der Waals surface area contributed by atoms with E-state index in [0.29, 0.717) is 26.9 Å². The van der Waals surface area contributed by atoms with Gasteiger partial charge < -0.3 is 0 Å². The second-order valence-corrected chi connectivity index (χ2v) is 7.12. The normalized spacial score (nSPS) is 11.9. The monoisotopic (exact) mass is 404 g/mol. The van der Waals surface area contributed by atoms with Crippen molar-refractivity contribution in [1.29, 1.82) is 0 Å². The van der Waals surface area contributed by atoms with E-state index in [9.17, 15) is 26.7 Å². The molecule has 136 valence electrons. The molecule has 0 atom stereocenters. The molecule has 1 amide bonds. The number of nitrogens with zero attached hydrogens (tertiary/aromatic N) is 1. The maximum atomic E-state index is 13.0. The van der Waals surface area contributed by atoms with Crippen LogP contribution >= 0.6 is 23.1 Å². The molecule has 1 heterocycles. The molecule has 0 fully saturated rings. The van der Waals surface area contributed by atoms with Gasteiger partial charge in [-0.3, -0.25) is 10.1 Å². The zero-order chi connectivity index (χ0) is 18.9. The largest absolute Gasteiger partial charge is 0.417 e. The van der Waals surface area contributed by atoms with Gasteiger partial charge in [-0.05, 0) is 30.3 Å². The summed E-state index contributed by atoms with van der Waals surface area (Å²) in [6.07, 6.45) is -4.66. The lowest BCUT2D eigenvalue weighted by Gasteiger charge is -2.11. The highest BCUT2D eigenvalue weighted by molar-refractivity contribution is 7.99. The topological polar surface area (TPSA) is 42.0 Å². The van der Waals surface area contributed by atoms with Crippen molar-refractivity contribution >= 4 is 44.4 Å². The summed E-state index contributed by atoms with van der Waals surface area (Å²) in [7, 11) is 0. The molecule has 0 spiro atoms. The van der Waals surface area contributed by atoms with E-state index >= 15 is 0 Å². The number of thiazole rings is 1. The van der Waals surface area contributed by atoms with Gasteiger partial charge in [-0.2, -0.15) is 22.0 Å². The second kappa shape index (κ2) is 7.20.